The number of carbonyl (C=O) groups is 1. The number of fused-ring (bicyclic) bond motifs is 2. The average Bonchev–Trinajstić information content (AvgIpc) is 3.09. The maximum Gasteiger partial charge on any atom is 1.00 e. The molecular weight excluding hydrogens is 425 g/mol. The summed E-state index contributed by atoms with van der Waals surface area (Å²) < 4.78 is 2.46. The Hall–Kier alpha value is -2.26. The van der Waals surface area contributed by atoms with Crippen LogP contribution < -0.4 is 45.9 Å². The average molecular weight is 445 g/mol. The number of thiophene rings is 1. The van der Waals surface area contributed by atoms with Crippen LogP contribution >= 0.6 is 11.3 Å². The van der Waals surface area contributed by atoms with Crippen molar-refractivity contribution >= 4 is 38.4 Å². The van der Waals surface area contributed by atoms with Gasteiger partial charge in [0, 0.05) is 42.0 Å². The van der Waals surface area contributed by atoms with E-state index in [0.29, 0.717) is 22.7 Å². The third kappa shape index (κ3) is 4.13. The first kappa shape index (κ1) is 23.4. The Morgan fingerprint density at radius 1 is 1.19 bits per heavy atom. The molecule has 0 bridgehead atoms. The molecule has 7 nitrogen and oxygen atoms in total. The van der Waals surface area contributed by atoms with E-state index in [1.54, 1.807) is 6.20 Å². The molecule has 4 rings (SSSR count). The van der Waals surface area contributed by atoms with Gasteiger partial charge in [0.2, 0.25) is 0 Å². The van der Waals surface area contributed by atoms with Crippen molar-refractivity contribution in [3.63, 3.8) is 0 Å². The molecule has 0 atom stereocenters. The van der Waals surface area contributed by atoms with Crippen LogP contribution in [0.25, 0.3) is 21.1 Å². The number of aromatic nitrogens is 3. The summed E-state index contributed by atoms with van der Waals surface area (Å²) in [6.45, 7) is 4.30. The molecule has 0 saturated heterocycles. The molecular formula is C22H20N3NaO4S. The van der Waals surface area contributed by atoms with Crippen molar-refractivity contribution in [1.82, 2.24) is 14.1 Å². The number of benzene rings is 1. The predicted molar refractivity (Wildman–Crippen MR) is 115 cm³/mol. The van der Waals surface area contributed by atoms with Crippen molar-refractivity contribution in [1.29, 1.82) is 0 Å². The van der Waals surface area contributed by atoms with Gasteiger partial charge in [0.1, 0.15) is 4.83 Å². The Morgan fingerprint density at radius 2 is 1.90 bits per heavy atom. The number of para-hydroxylation sites is 1. The molecule has 0 aliphatic rings. The summed E-state index contributed by atoms with van der Waals surface area (Å²) in [5.41, 5.74) is 0.501. The molecule has 31 heavy (non-hydrogen) atoms. The molecule has 0 spiro atoms. The van der Waals surface area contributed by atoms with Crippen LogP contribution in [0.1, 0.15) is 34.6 Å². The topological polar surface area (TPSA) is 97.0 Å². The minimum atomic E-state index is -1.42. The molecule has 4 aromatic rings. The first-order chi connectivity index (χ1) is 14.3. The molecule has 0 aliphatic heterocycles. The second kappa shape index (κ2) is 9.08. The summed E-state index contributed by atoms with van der Waals surface area (Å²) in [4.78, 5) is 42.9. The summed E-state index contributed by atoms with van der Waals surface area (Å²) >= 11 is 1.17. The number of carbonyl (C=O) groups excluding carboxylic acids is 1. The van der Waals surface area contributed by atoms with Gasteiger partial charge in [-0.25, -0.2) is 4.79 Å². The second-order valence-electron chi connectivity index (χ2n) is 7.68. The number of hydrogen-bond donors (Lipinski definition) is 0. The Labute approximate surface area is 204 Å². The first-order valence-corrected chi connectivity index (χ1v) is 10.4. The normalized spacial score (nSPS) is 11.2. The first-order valence-electron chi connectivity index (χ1n) is 9.58. The van der Waals surface area contributed by atoms with Crippen molar-refractivity contribution in [3.8, 4) is 0 Å². The Morgan fingerprint density at radius 3 is 2.58 bits per heavy atom. The third-order valence-corrected chi connectivity index (χ3v) is 6.30. The smallest absolute Gasteiger partial charge is 0.545 e. The molecule has 9 heteroatoms. The molecule has 154 valence electrons. The van der Waals surface area contributed by atoms with Crippen LogP contribution in [0, 0.1) is 5.92 Å². The Kier molecular flexibility index (Phi) is 6.85. The molecule has 3 heterocycles. The van der Waals surface area contributed by atoms with E-state index in [1.807, 2.05) is 44.2 Å². The number of pyridine rings is 1. The molecule has 0 radical (unpaired) electrons. The third-order valence-electron chi connectivity index (χ3n) is 5.09. The Bertz CT molecular complexity index is 1410. The van der Waals surface area contributed by atoms with Gasteiger partial charge >= 0.3 is 35.2 Å². The summed E-state index contributed by atoms with van der Waals surface area (Å²) in [7, 11) is 1.37. The fourth-order valence-electron chi connectivity index (χ4n) is 3.72. The molecule has 0 amide bonds. The minimum Gasteiger partial charge on any atom is -0.545 e. The van der Waals surface area contributed by atoms with Crippen LogP contribution in [0.3, 0.4) is 0 Å². The largest absolute Gasteiger partial charge is 1.00 e. The number of nitrogens with zero attached hydrogens (tertiary/aromatic N) is 3. The van der Waals surface area contributed by atoms with Crippen LogP contribution in [0.2, 0.25) is 0 Å². The number of aromatic carboxylic acids is 1. The molecule has 0 fully saturated rings. The quantitative estimate of drug-likeness (QED) is 0.364. The molecule has 3 aromatic heterocycles. The van der Waals surface area contributed by atoms with Crippen molar-refractivity contribution in [2.45, 2.75) is 26.8 Å². The number of hydrogen-bond acceptors (Lipinski definition) is 6. The van der Waals surface area contributed by atoms with E-state index >= 15 is 0 Å². The van der Waals surface area contributed by atoms with Crippen LogP contribution in [-0.4, -0.2) is 20.1 Å². The standard InChI is InChI=1S/C22H21N3O4S.Na/c1-12(2)11-25-20-18(19(26)24(3)22(25)29)17(21(27)28)16(30-20)10-13-8-9-23-15-7-5-4-6-14(13)15;/h4-9,12H,10-11H2,1-3H3,(H,27,28);/q;+1/p-1. The summed E-state index contributed by atoms with van der Waals surface area (Å²) in [5.74, 6) is -1.27. The van der Waals surface area contributed by atoms with Gasteiger partial charge in [0.15, 0.2) is 0 Å². The van der Waals surface area contributed by atoms with E-state index in [4.69, 9.17) is 0 Å². The zero-order valence-corrected chi connectivity index (χ0v) is 20.7. The van der Waals surface area contributed by atoms with Gasteiger partial charge in [0.05, 0.1) is 16.9 Å². The summed E-state index contributed by atoms with van der Waals surface area (Å²) in [6.07, 6.45) is 1.97. The van der Waals surface area contributed by atoms with Crippen molar-refractivity contribution in [2.24, 2.45) is 13.0 Å². The monoisotopic (exact) mass is 445 g/mol. The van der Waals surface area contributed by atoms with Gasteiger partial charge in [0.25, 0.3) is 5.56 Å². The van der Waals surface area contributed by atoms with Crippen LogP contribution in [0.5, 0.6) is 0 Å². The van der Waals surface area contributed by atoms with Crippen molar-refractivity contribution in [2.75, 3.05) is 0 Å². The fourth-order valence-corrected chi connectivity index (χ4v) is 5.03. The van der Waals surface area contributed by atoms with E-state index in [9.17, 15) is 19.5 Å². The van der Waals surface area contributed by atoms with Gasteiger partial charge in [-0.05, 0) is 23.6 Å². The van der Waals surface area contributed by atoms with Crippen molar-refractivity contribution in [3.05, 3.63) is 73.4 Å². The predicted octanol–water partition coefficient (Wildman–Crippen LogP) is -1.08. The summed E-state index contributed by atoms with van der Waals surface area (Å²) in [6, 6.07) is 9.44. The fraction of sp³-hybridized carbons (Fsp3) is 0.273. The molecule has 1 aromatic carbocycles. The van der Waals surface area contributed by atoms with E-state index in [1.165, 1.54) is 23.0 Å². The van der Waals surface area contributed by atoms with Gasteiger partial charge in [-0.15, -0.1) is 11.3 Å². The van der Waals surface area contributed by atoms with E-state index in [2.05, 4.69) is 4.98 Å². The maximum atomic E-state index is 12.8. The molecule has 0 N–H and O–H groups in total. The maximum absolute atomic E-state index is 12.8. The van der Waals surface area contributed by atoms with E-state index in [-0.39, 0.29) is 46.4 Å². The van der Waals surface area contributed by atoms with Crippen LogP contribution in [0.15, 0.2) is 46.1 Å². The van der Waals surface area contributed by atoms with Gasteiger partial charge < -0.3 is 9.90 Å². The number of carboxylic acids is 1. The van der Waals surface area contributed by atoms with E-state index < -0.39 is 17.2 Å². The minimum absolute atomic E-state index is 0. The molecule has 0 unspecified atom stereocenters. The SMILES string of the molecule is CC(C)Cn1c(=O)n(C)c(=O)c2c(C(=O)[O-])c(Cc3ccnc4ccccc34)sc21.[Na+]. The number of rotatable bonds is 5. The van der Waals surface area contributed by atoms with Crippen LogP contribution in [-0.2, 0) is 20.0 Å². The van der Waals surface area contributed by atoms with Crippen LogP contribution in [0.4, 0.5) is 0 Å². The van der Waals surface area contributed by atoms with E-state index in [0.717, 1.165) is 21.0 Å². The summed E-state index contributed by atoms with van der Waals surface area (Å²) in [5, 5.41) is 13.0. The van der Waals surface area contributed by atoms with Gasteiger partial charge in [-0.2, -0.15) is 0 Å². The van der Waals surface area contributed by atoms with Gasteiger partial charge in [-0.3, -0.25) is 18.9 Å². The van der Waals surface area contributed by atoms with Gasteiger partial charge in [-0.1, -0.05) is 32.0 Å². The zero-order chi connectivity index (χ0) is 21.6. The second-order valence-corrected chi connectivity index (χ2v) is 8.77. The molecule has 0 aliphatic carbocycles. The number of carboxylic acid groups (broad SMARTS) is 1. The Balaban J connectivity index is 0.00000272. The van der Waals surface area contributed by atoms with Crippen molar-refractivity contribution < 1.29 is 39.5 Å². The zero-order valence-electron chi connectivity index (χ0n) is 17.8. The molecule has 0 saturated carbocycles.